The number of carbonyl (C=O) groups excluding carboxylic acids is 2. The molecule has 18 heavy (non-hydrogen) atoms. The van der Waals surface area contributed by atoms with Gasteiger partial charge in [-0.05, 0) is 6.42 Å². The summed E-state index contributed by atoms with van der Waals surface area (Å²) in [6.45, 7) is 2.59. The van der Waals surface area contributed by atoms with E-state index in [-0.39, 0.29) is 18.8 Å². The number of ether oxygens (including phenoxy) is 1. The molecule has 0 atom stereocenters. The van der Waals surface area contributed by atoms with Gasteiger partial charge in [-0.15, -0.1) is 0 Å². The van der Waals surface area contributed by atoms with Gasteiger partial charge in [0.25, 0.3) is 0 Å². The van der Waals surface area contributed by atoms with Crippen LogP contribution in [0.2, 0.25) is 0 Å². The summed E-state index contributed by atoms with van der Waals surface area (Å²) < 4.78 is 4.26. The third-order valence-corrected chi connectivity index (χ3v) is 1.39. The molecule has 0 bridgehead atoms. The van der Waals surface area contributed by atoms with Crippen LogP contribution in [-0.2, 0) is 19.1 Å². The Bertz CT molecular complexity index is 305. The maximum absolute atomic E-state index is 11.1. The fourth-order valence-electron chi connectivity index (χ4n) is 0.833. The number of aliphatic hydroxyl groups is 2. The molecule has 7 nitrogen and oxygen atoms in total. The molecule has 0 amide bonds. The molecule has 0 spiro atoms. The number of aliphatic hydroxyl groups excluding tert-OH is 2. The van der Waals surface area contributed by atoms with E-state index in [2.05, 4.69) is 4.74 Å². The smallest absolute Gasteiger partial charge is 0.341 e. The zero-order chi connectivity index (χ0) is 14.6. The number of esters is 2. The van der Waals surface area contributed by atoms with Crippen LogP contribution >= 0.6 is 0 Å². The van der Waals surface area contributed by atoms with Crippen molar-refractivity contribution >= 4 is 17.9 Å². The van der Waals surface area contributed by atoms with Gasteiger partial charge in [0.1, 0.15) is 0 Å². The molecule has 0 aliphatic carbocycles. The monoisotopic (exact) mass is 262 g/mol. The normalized spacial score (nSPS) is 10.1. The van der Waals surface area contributed by atoms with Gasteiger partial charge in [0.15, 0.2) is 0 Å². The lowest BCUT2D eigenvalue weighted by molar-refractivity contribution is -0.156. The molecule has 0 saturated heterocycles. The van der Waals surface area contributed by atoms with E-state index in [1.807, 2.05) is 0 Å². The highest BCUT2D eigenvalue weighted by atomic mass is 16.6. The van der Waals surface area contributed by atoms with E-state index >= 15 is 0 Å². The van der Waals surface area contributed by atoms with Gasteiger partial charge >= 0.3 is 17.9 Å². The third-order valence-electron chi connectivity index (χ3n) is 1.39. The van der Waals surface area contributed by atoms with E-state index in [1.54, 1.807) is 6.92 Å². The molecular formula is C11H18O7. The highest BCUT2D eigenvalue weighted by molar-refractivity contribution is 5.98. The van der Waals surface area contributed by atoms with Crippen molar-refractivity contribution < 1.29 is 34.4 Å². The molecule has 0 unspecified atom stereocenters. The molecule has 104 valence electrons. The van der Waals surface area contributed by atoms with Gasteiger partial charge in [0.05, 0.1) is 19.6 Å². The predicted molar refractivity (Wildman–Crippen MR) is 61.6 cm³/mol. The Morgan fingerprint density at radius 2 is 1.67 bits per heavy atom. The van der Waals surface area contributed by atoms with Crippen LogP contribution in [-0.4, -0.2) is 46.4 Å². The Balaban J connectivity index is 0. The number of hydrogen-bond donors (Lipinski definition) is 3. The van der Waals surface area contributed by atoms with E-state index in [1.165, 1.54) is 6.08 Å². The van der Waals surface area contributed by atoms with Crippen LogP contribution in [0.5, 0.6) is 0 Å². The first kappa shape index (κ1) is 18.6. The molecule has 0 aliphatic rings. The van der Waals surface area contributed by atoms with E-state index in [9.17, 15) is 14.4 Å². The zero-order valence-electron chi connectivity index (χ0n) is 10.4. The Morgan fingerprint density at radius 3 is 1.94 bits per heavy atom. The minimum Gasteiger partial charge on any atom is -0.481 e. The van der Waals surface area contributed by atoms with Gasteiger partial charge in [-0.2, -0.15) is 0 Å². The van der Waals surface area contributed by atoms with Gasteiger partial charge in [-0.1, -0.05) is 13.0 Å². The molecule has 3 N–H and O–H groups in total. The van der Waals surface area contributed by atoms with Gasteiger partial charge in [0, 0.05) is 12.5 Å². The Labute approximate surface area is 105 Å². The second-order valence-electron chi connectivity index (χ2n) is 3.04. The third kappa shape index (κ3) is 12.3. The topological polar surface area (TPSA) is 121 Å². The van der Waals surface area contributed by atoms with Crippen molar-refractivity contribution in [3.05, 3.63) is 11.6 Å². The van der Waals surface area contributed by atoms with Gasteiger partial charge < -0.3 is 20.1 Å². The van der Waals surface area contributed by atoms with Crippen molar-refractivity contribution in [1.82, 2.24) is 0 Å². The number of rotatable bonds is 5. The summed E-state index contributed by atoms with van der Waals surface area (Å²) in [7, 11) is 0. The maximum Gasteiger partial charge on any atom is 0.341 e. The molecule has 0 aromatic rings. The lowest BCUT2D eigenvalue weighted by Crippen LogP contribution is -2.14. The molecule has 0 saturated carbocycles. The number of carboxylic acids is 1. The second kappa shape index (κ2) is 11.7. The molecule has 0 aliphatic heterocycles. The lowest BCUT2D eigenvalue weighted by Gasteiger charge is -2.02. The predicted octanol–water partition coefficient (Wildman–Crippen LogP) is -0.142. The standard InChI is InChI=1S/C9H12O5.C2H6O2/c1-3-4-7(5-8(11)12)9(13)14-6(2)10;3-1-2-4/h4H,3,5H2,1-2H3,(H,11,12);3-4H,1-2H2. The van der Waals surface area contributed by atoms with E-state index in [0.29, 0.717) is 6.42 Å². The van der Waals surface area contributed by atoms with Crippen molar-refractivity contribution in [2.45, 2.75) is 26.7 Å². The summed E-state index contributed by atoms with van der Waals surface area (Å²) in [5, 5.41) is 23.7. The largest absolute Gasteiger partial charge is 0.481 e. The minimum atomic E-state index is -1.13. The SMILES string of the molecule is CCC=C(CC(=O)O)C(=O)OC(C)=O.OCCO. The molecule has 7 heteroatoms. The number of hydrogen-bond acceptors (Lipinski definition) is 6. The summed E-state index contributed by atoms with van der Waals surface area (Å²) >= 11 is 0. The molecule has 0 heterocycles. The first-order valence-electron chi connectivity index (χ1n) is 5.24. The van der Waals surface area contributed by atoms with Crippen LogP contribution in [0.4, 0.5) is 0 Å². The van der Waals surface area contributed by atoms with Gasteiger partial charge in [0.2, 0.25) is 0 Å². The second-order valence-corrected chi connectivity index (χ2v) is 3.04. The van der Waals surface area contributed by atoms with Crippen LogP contribution in [0.15, 0.2) is 11.6 Å². The van der Waals surface area contributed by atoms with Crippen LogP contribution in [0, 0.1) is 0 Å². The van der Waals surface area contributed by atoms with E-state index in [0.717, 1.165) is 6.92 Å². The lowest BCUT2D eigenvalue weighted by atomic mass is 10.1. The summed E-state index contributed by atoms with van der Waals surface area (Å²) in [6, 6.07) is 0. The fraction of sp³-hybridized carbons (Fsp3) is 0.545. The first-order valence-corrected chi connectivity index (χ1v) is 5.24. The molecule has 0 radical (unpaired) electrons. The van der Waals surface area contributed by atoms with Gasteiger partial charge in [-0.25, -0.2) is 4.79 Å². The number of carbonyl (C=O) groups is 3. The Morgan fingerprint density at radius 1 is 1.17 bits per heavy atom. The van der Waals surface area contributed by atoms with Crippen molar-refractivity contribution in [1.29, 1.82) is 0 Å². The Hall–Kier alpha value is -1.73. The van der Waals surface area contributed by atoms with Crippen molar-refractivity contribution in [3.63, 3.8) is 0 Å². The maximum atomic E-state index is 11.1. The van der Waals surface area contributed by atoms with Crippen molar-refractivity contribution in [3.8, 4) is 0 Å². The number of carboxylic acid groups (broad SMARTS) is 1. The van der Waals surface area contributed by atoms with Crippen LogP contribution < -0.4 is 0 Å². The van der Waals surface area contributed by atoms with E-state index < -0.39 is 24.3 Å². The molecule has 0 fully saturated rings. The van der Waals surface area contributed by atoms with Crippen LogP contribution in [0.1, 0.15) is 26.7 Å². The summed E-state index contributed by atoms with van der Waals surface area (Å²) in [5.74, 6) is -2.77. The van der Waals surface area contributed by atoms with Crippen molar-refractivity contribution in [2.24, 2.45) is 0 Å². The average molecular weight is 262 g/mol. The average Bonchev–Trinajstić information content (AvgIpc) is 2.27. The van der Waals surface area contributed by atoms with Crippen LogP contribution in [0.25, 0.3) is 0 Å². The molecule has 0 aromatic heterocycles. The number of allylic oxidation sites excluding steroid dienone is 1. The molecular weight excluding hydrogens is 244 g/mol. The zero-order valence-corrected chi connectivity index (χ0v) is 10.4. The summed E-state index contributed by atoms with van der Waals surface area (Å²) in [6.07, 6.45) is 1.51. The first-order chi connectivity index (χ1) is 8.38. The highest BCUT2D eigenvalue weighted by Gasteiger charge is 2.15. The summed E-state index contributed by atoms with van der Waals surface area (Å²) in [4.78, 5) is 31.9. The molecule has 0 rings (SSSR count). The van der Waals surface area contributed by atoms with E-state index in [4.69, 9.17) is 15.3 Å². The van der Waals surface area contributed by atoms with Gasteiger partial charge in [-0.3, -0.25) is 9.59 Å². The summed E-state index contributed by atoms with van der Waals surface area (Å²) in [5.41, 5.74) is -0.00444. The molecule has 0 aromatic carbocycles. The fourth-order valence-corrected chi connectivity index (χ4v) is 0.833. The highest BCUT2D eigenvalue weighted by Crippen LogP contribution is 2.06. The van der Waals surface area contributed by atoms with Crippen molar-refractivity contribution in [2.75, 3.05) is 13.2 Å². The minimum absolute atomic E-state index is 0.00444. The Kier molecular flexibility index (Phi) is 12.2. The quantitative estimate of drug-likeness (QED) is 0.358. The number of aliphatic carboxylic acids is 1. The van der Waals surface area contributed by atoms with Crippen LogP contribution in [0.3, 0.4) is 0 Å².